The van der Waals surface area contributed by atoms with E-state index < -0.39 is 0 Å². The Morgan fingerprint density at radius 3 is 2.72 bits per heavy atom. The first-order valence-electron chi connectivity index (χ1n) is 11.2. The van der Waals surface area contributed by atoms with Gasteiger partial charge >= 0.3 is 0 Å². The van der Waals surface area contributed by atoms with Gasteiger partial charge < -0.3 is 14.8 Å². The second-order valence-corrected chi connectivity index (χ2v) is 8.56. The lowest BCUT2D eigenvalue weighted by atomic mass is 10.0. The molecule has 0 spiro atoms. The normalized spacial score (nSPS) is 20.5. The standard InChI is InChI=1S/C26H27N3O3/c1-17-13-18(4-5-24(17)32-21-7-11-31-12-8-21)19-6-10-28-25(14-19)29-26(30)23-15-22(23)20-3-2-9-27-16-20/h2-6,9-10,13-14,16,21-23H,7-8,11-12,15H2,1H3,(H,28,29,30)/t22-,23+/m1/s1. The van der Waals surface area contributed by atoms with Crippen LogP contribution in [0.1, 0.15) is 36.3 Å². The van der Waals surface area contributed by atoms with E-state index in [2.05, 4.69) is 34.3 Å². The lowest BCUT2D eigenvalue weighted by Gasteiger charge is -2.24. The smallest absolute Gasteiger partial charge is 0.229 e. The lowest BCUT2D eigenvalue weighted by Crippen LogP contribution is -2.26. The molecule has 1 aliphatic carbocycles. The maximum atomic E-state index is 12.7. The van der Waals surface area contributed by atoms with E-state index in [0.29, 0.717) is 5.82 Å². The van der Waals surface area contributed by atoms with Gasteiger partial charge in [-0.1, -0.05) is 12.1 Å². The zero-order valence-electron chi connectivity index (χ0n) is 18.2. The molecule has 6 nitrogen and oxygen atoms in total. The van der Waals surface area contributed by atoms with E-state index in [-0.39, 0.29) is 23.8 Å². The van der Waals surface area contributed by atoms with Gasteiger partial charge in [-0.05, 0) is 71.8 Å². The number of aryl methyl sites for hydroxylation is 1. The van der Waals surface area contributed by atoms with Gasteiger partial charge in [-0.3, -0.25) is 9.78 Å². The minimum atomic E-state index is -0.0199. The van der Waals surface area contributed by atoms with Crippen LogP contribution >= 0.6 is 0 Å². The SMILES string of the molecule is Cc1cc(-c2ccnc(NC(=O)[C@H]3C[C@@H]3c3cccnc3)c2)ccc1OC1CCOCC1. The summed E-state index contributed by atoms with van der Waals surface area (Å²) in [6.07, 6.45) is 8.25. The summed E-state index contributed by atoms with van der Waals surface area (Å²) < 4.78 is 11.6. The average molecular weight is 430 g/mol. The van der Waals surface area contributed by atoms with E-state index in [9.17, 15) is 4.79 Å². The second-order valence-electron chi connectivity index (χ2n) is 8.56. The predicted octanol–water partition coefficient (Wildman–Crippen LogP) is 4.75. The van der Waals surface area contributed by atoms with Crippen molar-refractivity contribution in [3.63, 3.8) is 0 Å². The molecule has 1 saturated heterocycles. The number of nitrogens with zero attached hydrogens (tertiary/aromatic N) is 2. The molecule has 3 heterocycles. The molecule has 1 aliphatic heterocycles. The molecule has 1 aromatic carbocycles. The highest BCUT2D eigenvalue weighted by molar-refractivity contribution is 5.95. The lowest BCUT2D eigenvalue weighted by molar-refractivity contribution is -0.117. The first-order valence-corrected chi connectivity index (χ1v) is 11.2. The molecule has 2 aliphatic rings. The van der Waals surface area contributed by atoms with Crippen LogP contribution in [0.25, 0.3) is 11.1 Å². The van der Waals surface area contributed by atoms with Crippen molar-refractivity contribution in [2.75, 3.05) is 18.5 Å². The summed E-state index contributed by atoms with van der Waals surface area (Å²) in [5.41, 5.74) is 4.29. The van der Waals surface area contributed by atoms with Gasteiger partial charge in [0.2, 0.25) is 5.91 Å². The Hall–Kier alpha value is -3.25. The molecular weight excluding hydrogens is 402 g/mol. The van der Waals surface area contributed by atoms with E-state index in [1.807, 2.05) is 36.5 Å². The summed E-state index contributed by atoms with van der Waals surface area (Å²) in [5.74, 6) is 1.73. The summed E-state index contributed by atoms with van der Waals surface area (Å²) in [4.78, 5) is 21.2. The highest BCUT2D eigenvalue weighted by Crippen LogP contribution is 2.47. The van der Waals surface area contributed by atoms with E-state index in [1.165, 1.54) is 0 Å². The minimum absolute atomic E-state index is 0.0138. The van der Waals surface area contributed by atoms with Gasteiger partial charge in [0.1, 0.15) is 17.7 Å². The van der Waals surface area contributed by atoms with Crippen LogP contribution in [0, 0.1) is 12.8 Å². The van der Waals surface area contributed by atoms with Crippen LogP contribution < -0.4 is 10.1 Å². The molecule has 1 N–H and O–H groups in total. The van der Waals surface area contributed by atoms with Crippen molar-refractivity contribution in [3.05, 3.63) is 72.2 Å². The largest absolute Gasteiger partial charge is 0.490 e. The highest BCUT2D eigenvalue weighted by Gasteiger charge is 2.44. The van der Waals surface area contributed by atoms with Crippen molar-refractivity contribution in [3.8, 4) is 16.9 Å². The van der Waals surface area contributed by atoms with Crippen LogP contribution in [0.5, 0.6) is 5.75 Å². The number of carbonyl (C=O) groups is 1. The molecule has 6 heteroatoms. The van der Waals surface area contributed by atoms with E-state index in [1.54, 1.807) is 12.4 Å². The number of ether oxygens (including phenoxy) is 2. The fraction of sp³-hybridized carbons (Fsp3) is 0.346. The minimum Gasteiger partial charge on any atom is -0.490 e. The Labute approximate surface area is 188 Å². The van der Waals surface area contributed by atoms with Crippen molar-refractivity contribution in [2.24, 2.45) is 5.92 Å². The number of hydrogen-bond donors (Lipinski definition) is 1. The Balaban J connectivity index is 1.25. The Morgan fingerprint density at radius 2 is 1.94 bits per heavy atom. The summed E-state index contributed by atoms with van der Waals surface area (Å²) in [6, 6.07) is 14.0. The molecule has 0 radical (unpaired) electrons. The van der Waals surface area contributed by atoms with Gasteiger partial charge in [-0.25, -0.2) is 4.98 Å². The topological polar surface area (TPSA) is 73.3 Å². The van der Waals surface area contributed by atoms with Crippen molar-refractivity contribution in [1.82, 2.24) is 9.97 Å². The monoisotopic (exact) mass is 429 g/mol. The van der Waals surface area contributed by atoms with Gasteiger partial charge in [0.05, 0.1) is 13.2 Å². The summed E-state index contributed by atoms with van der Waals surface area (Å²) >= 11 is 0. The number of benzene rings is 1. The third-order valence-electron chi connectivity index (χ3n) is 6.22. The summed E-state index contributed by atoms with van der Waals surface area (Å²) in [6.45, 7) is 3.59. The molecule has 3 aromatic rings. The number of rotatable bonds is 6. The number of anilines is 1. The molecule has 32 heavy (non-hydrogen) atoms. The maximum Gasteiger partial charge on any atom is 0.229 e. The summed E-state index contributed by atoms with van der Waals surface area (Å²) in [5, 5.41) is 2.99. The molecule has 1 saturated carbocycles. The Kier molecular flexibility index (Phi) is 5.86. The first kappa shape index (κ1) is 20.6. The van der Waals surface area contributed by atoms with E-state index in [4.69, 9.17) is 9.47 Å². The molecule has 2 fully saturated rings. The van der Waals surface area contributed by atoms with Crippen molar-refractivity contribution < 1.29 is 14.3 Å². The van der Waals surface area contributed by atoms with E-state index in [0.717, 1.165) is 60.5 Å². The van der Waals surface area contributed by atoms with E-state index >= 15 is 0 Å². The molecule has 2 aromatic heterocycles. The second kappa shape index (κ2) is 9.09. The molecule has 0 unspecified atom stereocenters. The predicted molar refractivity (Wildman–Crippen MR) is 123 cm³/mol. The number of nitrogens with one attached hydrogen (secondary N) is 1. The zero-order chi connectivity index (χ0) is 21.9. The molecule has 5 rings (SSSR count). The van der Waals surface area contributed by atoms with Gasteiger partial charge in [-0.2, -0.15) is 0 Å². The summed E-state index contributed by atoms with van der Waals surface area (Å²) in [7, 11) is 0. The third-order valence-corrected chi connectivity index (χ3v) is 6.22. The van der Waals surface area contributed by atoms with Gasteiger partial charge in [0.25, 0.3) is 0 Å². The number of hydrogen-bond acceptors (Lipinski definition) is 5. The van der Waals surface area contributed by atoms with Gasteiger partial charge in [0.15, 0.2) is 0 Å². The maximum absolute atomic E-state index is 12.7. The molecule has 0 bridgehead atoms. The van der Waals surface area contributed by atoms with Crippen LogP contribution in [0.3, 0.4) is 0 Å². The fourth-order valence-electron chi connectivity index (χ4n) is 4.28. The van der Waals surface area contributed by atoms with Gasteiger partial charge in [0, 0.05) is 37.4 Å². The molecule has 164 valence electrons. The number of carbonyl (C=O) groups excluding carboxylic acids is 1. The van der Waals surface area contributed by atoms with Crippen LogP contribution in [-0.4, -0.2) is 35.2 Å². The quantitative estimate of drug-likeness (QED) is 0.612. The van der Waals surface area contributed by atoms with Crippen LogP contribution in [0.2, 0.25) is 0 Å². The van der Waals surface area contributed by atoms with Gasteiger partial charge in [-0.15, -0.1) is 0 Å². The van der Waals surface area contributed by atoms with Crippen LogP contribution in [0.4, 0.5) is 5.82 Å². The molecular formula is C26H27N3O3. The number of aromatic nitrogens is 2. The van der Waals surface area contributed by atoms with Crippen molar-refractivity contribution >= 4 is 11.7 Å². The zero-order valence-corrected chi connectivity index (χ0v) is 18.2. The van der Waals surface area contributed by atoms with Crippen LogP contribution in [-0.2, 0) is 9.53 Å². The third kappa shape index (κ3) is 4.65. The highest BCUT2D eigenvalue weighted by atomic mass is 16.5. The van der Waals surface area contributed by atoms with Crippen molar-refractivity contribution in [2.45, 2.75) is 38.2 Å². The Morgan fingerprint density at radius 1 is 1.09 bits per heavy atom. The number of amides is 1. The number of pyridine rings is 2. The Bertz CT molecular complexity index is 1100. The average Bonchev–Trinajstić information content (AvgIpc) is 3.63. The first-order chi connectivity index (χ1) is 15.7. The fourth-order valence-corrected chi connectivity index (χ4v) is 4.28. The van der Waals surface area contributed by atoms with Crippen molar-refractivity contribution in [1.29, 1.82) is 0 Å². The molecule has 1 amide bonds. The molecule has 2 atom stereocenters. The van der Waals surface area contributed by atoms with Crippen LogP contribution in [0.15, 0.2) is 61.1 Å².